The number of carbonyl (C=O) groups excluding carboxylic acids is 1. The second-order valence-corrected chi connectivity index (χ2v) is 3.89. The van der Waals surface area contributed by atoms with Gasteiger partial charge < -0.3 is 15.1 Å². The van der Waals surface area contributed by atoms with Crippen LogP contribution in [-0.4, -0.2) is 19.5 Å². The van der Waals surface area contributed by atoms with Gasteiger partial charge in [0.25, 0.3) is 0 Å². The standard InChI is InChI=1S/C13H16N2O2/c1-14-7-6-13(16)15-8-10-9-17-12-5-3-2-4-11(10)12/h2-5,9,14H,6-8H2,1H3,(H,15,16). The van der Waals surface area contributed by atoms with E-state index in [1.54, 1.807) is 6.26 Å². The van der Waals surface area contributed by atoms with Gasteiger partial charge in [-0.1, -0.05) is 18.2 Å². The largest absolute Gasteiger partial charge is 0.464 e. The quantitative estimate of drug-likeness (QED) is 0.824. The highest BCUT2D eigenvalue weighted by Gasteiger charge is 2.06. The molecule has 1 aromatic heterocycles. The van der Waals surface area contributed by atoms with Gasteiger partial charge in [0.05, 0.1) is 6.26 Å². The van der Waals surface area contributed by atoms with Gasteiger partial charge in [-0.25, -0.2) is 0 Å². The number of benzene rings is 1. The van der Waals surface area contributed by atoms with E-state index in [1.165, 1.54) is 0 Å². The van der Waals surface area contributed by atoms with Crippen LogP contribution < -0.4 is 10.6 Å². The average Bonchev–Trinajstić information content (AvgIpc) is 2.77. The molecule has 2 N–H and O–H groups in total. The third-order valence-electron chi connectivity index (χ3n) is 2.64. The topological polar surface area (TPSA) is 54.3 Å². The molecule has 0 aliphatic carbocycles. The Labute approximate surface area is 100.0 Å². The van der Waals surface area contributed by atoms with E-state index in [2.05, 4.69) is 10.6 Å². The van der Waals surface area contributed by atoms with Crippen molar-refractivity contribution in [3.63, 3.8) is 0 Å². The fourth-order valence-corrected chi connectivity index (χ4v) is 1.69. The van der Waals surface area contributed by atoms with Crippen molar-refractivity contribution in [2.75, 3.05) is 13.6 Å². The molecule has 17 heavy (non-hydrogen) atoms. The minimum Gasteiger partial charge on any atom is -0.464 e. The molecule has 1 heterocycles. The fraction of sp³-hybridized carbons (Fsp3) is 0.308. The van der Waals surface area contributed by atoms with E-state index in [-0.39, 0.29) is 5.91 Å². The van der Waals surface area contributed by atoms with E-state index in [1.807, 2.05) is 31.3 Å². The minimum absolute atomic E-state index is 0.0460. The molecule has 0 bridgehead atoms. The van der Waals surface area contributed by atoms with Gasteiger partial charge in [0.15, 0.2) is 0 Å². The van der Waals surface area contributed by atoms with Crippen molar-refractivity contribution in [2.45, 2.75) is 13.0 Å². The molecule has 90 valence electrons. The molecule has 0 saturated heterocycles. The van der Waals surface area contributed by atoms with Gasteiger partial charge in [0, 0.05) is 30.5 Å². The first kappa shape index (κ1) is 11.7. The van der Waals surface area contributed by atoms with Gasteiger partial charge in [-0.15, -0.1) is 0 Å². The first-order valence-electron chi connectivity index (χ1n) is 5.67. The molecular weight excluding hydrogens is 216 g/mol. The maximum atomic E-state index is 11.5. The highest BCUT2D eigenvalue weighted by atomic mass is 16.3. The normalized spacial score (nSPS) is 10.6. The van der Waals surface area contributed by atoms with Gasteiger partial charge >= 0.3 is 0 Å². The van der Waals surface area contributed by atoms with Crippen LogP contribution in [0.25, 0.3) is 11.0 Å². The predicted molar refractivity (Wildman–Crippen MR) is 66.6 cm³/mol. The summed E-state index contributed by atoms with van der Waals surface area (Å²) in [7, 11) is 1.83. The molecule has 0 unspecified atom stereocenters. The summed E-state index contributed by atoms with van der Waals surface area (Å²) in [6.07, 6.45) is 2.19. The van der Waals surface area contributed by atoms with E-state index < -0.39 is 0 Å². The number of fused-ring (bicyclic) bond motifs is 1. The van der Waals surface area contributed by atoms with E-state index in [0.717, 1.165) is 16.5 Å². The number of rotatable bonds is 5. The van der Waals surface area contributed by atoms with Gasteiger partial charge in [-0.3, -0.25) is 4.79 Å². The monoisotopic (exact) mass is 232 g/mol. The molecular formula is C13H16N2O2. The molecule has 4 heteroatoms. The maximum Gasteiger partial charge on any atom is 0.221 e. The molecule has 0 spiro atoms. The Hall–Kier alpha value is -1.81. The minimum atomic E-state index is 0.0460. The van der Waals surface area contributed by atoms with Crippen molar-refractivity contribution in [3.8, 4) is 0 Å². The van der Waals surface area contributed by atoms with Crippen molar-refractivity contribution >= 4 is 16.9 Å². The van der Waals surface area contributed by atoms with Crippen LogP contribution in [0, 0.1) is 0 Å². The number of hydrogen-bond donors (Lipinski definition) is 2. The molecule has 2 aromatic rings. The highest BCUT2D eigenvalue weighted by molar-refractivity contribution is 5.82. The molecule has 1 aromatic carbocycles. The number of hydrogen-bond acceptors (Lipinski definition) is 3. The molecule has 0 radical (unpaired) electrons. The van der Waals surface area contributed by atoms with Crippen molar-refractivity contribution in [1.82, 2.24) is 10.6 Å². The molecule has 0 atom stereocenters. The van der Waals surface area contributed by atoms with Crippen molar-refractivity contribution in [2.24, 2.45) is 0 Å². The van der Waals surface area contributed by atoms with Crippen molar-refractivity contribution in [1.29, 1.82) is 0 Å². The molecule has 0 aliphatic heterocycles. The van der Waals surface area contributed by atoms with E-state index in [9.17, 15) is 4.79 Å². The van der Waals surface area contributed by atoms with Gasteiger partial charge in [0.2, 0.25) is 5.91 Å². The summed E-state index contributed by atoms with van der Waals surface area (Å²) in [5.41, 5.74) is 1.87. The van der Waals surface area contributed by atoms with Crippen LogP contribution in [-0.2, 0) is 11.3 Å². The van der Waals surface area contributed by atoms with E-state index in [0.29, 0.717) is 19.5 Å². The van der Waals surface area contributed by atoms with Crippen molar-refractivity contribution < 1.29 is 9.21 Å². The SMILES string of the molecule is CNCCC(=O)NCc1coc2ccccc12. The summed E-state index contributed by atoms with van der Waals surface area (Å²) in [5, 5.41) is 6.87. The lowest BCUT2D eigenvalue weighted by Crippen LogP contribution is -2.25. The van der Waals surface area contributed by atoms with Crippen LogP contribution in [0.15, 0.2) is 34.9 Å². The Bertz CT molecular complexity index is 505. The van der Waals surface area contributed by atoms with Gasteiger partial charge in [0.1, 0.15) is 5.58 Å². The molecule has 0 fully saturated rings. The number of para-hydroxylation sites is 1. The maximum absolute atomic E-state index is 11.5. The first-order chi connectivity index (χ1) is 8.31. The van der Waals surface area contributed by atoms with E-state index in [4.69, 9.17) is 4.42 Å². The van der Waals surface area contributed by atoms with Crippen LogP contribution in [0.4, 0.5) is 0 Å². The molecule has 0 aliphatic rings. The van der Waals surface area contributed by atoms with Gasteiger partial charge in [-0.2, -0.15) is 0 Å². The van der Waals surface area contributed by atoms with E-state index >= 15 is 0 Å². The Balaban J connectivity index is 1.97. The Kier molecular flexibility index (Phi) is 3.77. The molecule has 2 rings (SSSR count). The average molecular weight is 232 g/mol. The third-order valence-corrected chi connectivity index (χ3v) is 2.64. The Morgan fingerprint density at radius 3 is 3.00 bits per heavy atom. The second-order valence-electron chi connectivity index (χ2n) is 3.89. The number of furan rings is 1. The third kappa shape index (κ3) is 2.85. The lowest BCUT2D eigenvalue weighted by atomic mass is 10.2. The van der Waals surface area contributed by atoms with Crippen LogP contribution >= 0.6 is 0 Å². The predicted octanol–water partition coefficient (Wildman–Crippen LogP) is 1.66. The van der Waals surface area contributed by atoms with Crippen LogP contribution in [0.1, 0.15) is 12.0 Å². The van der Waals surface area contributed by atoms with Crippen LogP contribution in [0.2, 0.25) is 0 Å². The second kappa shape index (κ2) is 5.50. The molecule has 0 saturated carbocycles. The number of amides is 1. The fourth-order valence-electron chi connectivity index (χ4n) is 1.69. The summed E-state index contributed by atoms with van der Waals surface area (Å²) in [6.45, 7) is 1.21. The lowest BCUT2D eigenvalue weighted by Gasteiger charge is -2.03. The summed E-state index contributed by atoms with van der Waals surface area (Å²) in [4.78, 5) is 11.5. The zero-order valence-electron chi connectivity index (χ0n) is 9.82. The Morgan fingerprint density at radius 2 is 2.18 bits per heavy atom. The summed E-state index contributed by atoms with van der Waals surface area (Å²) in [6, 6.07) is 7.81. The van der Waals surface area contributed by atoms with Crippen LogP contribution in [0.5, 0.6) is 0 Å². The summed E-state index contributed by atoms with van der Waals surface area (Å²) < 4.78 is 5.40. The number of carbonyl (C=O) groups is 1. The van der Waals surface area contributed by atoms with Gasteiger partial charge in [-0.05, 0) is 13.1 Å². The molecule has 1 amide bonds. The zero-order valence-corrected chi connectivity index (χ0v) is 9.82. The summed E-state index contributed by atoms with van der Waals surface area (Å²) >= 11 is 0. The first-order valence-corrected chi connectivity index (χ1v) is 5.67. The van der Waals surface area contributed by atoms with Crippen molar-refractivity contribution in [3.05, 3.63) is 36.1 Å². The van der Waals surface area contributed by atoms with Crippen LogP contribution in [0.3, 0.4) is 0 Å². The Morgan fingerprint density at radius 1 is 1.35 bits per heavy atom. The zero-order chi connectivity index (χ0) is 12.1. The lowest BCUT2D eigenvalue weighted by molar-refractivity contribution is -0.121. The molecule has 4 nitrogen and oxygen atoms in total. The number of nitrogens with one attached hydrogen (secondary N) is 2. The highest BCUT2D eigenvalue weighted by Crippen LogP contribution is 2.20. The summed E-state index contributed by atoms with van der Waals surface area (Å²) in [5.74, 6) is 0.0460. The smallest absolute Gasteiger partial charge is 0.221 e.